The van der Waals surface area contributed by atoms with Crippen molar-refractivity contribution >= 4 is 5.97 Å². The Bertz CT molecular complexity index is 840. The van der Waals surface area contributed by atoms with Crippen LogP contribution in [0.1, 0.15) is 56.2 Å². The van der Waals surface area contributed by atoms with E-state index in [1.165, 1.54) is 0 Å². The van der Waals surface area contributed by atoms with Crippen LogP contribution in [0, 0.1) is 12.8 Å². The highest BCUT2D eigenvalue weighted by atomic mass is 16.7. The number of rotatable bonds is 7. The number of hydrogen-bond acceptors (Lipinski definition) is 6. The number of aromatic nitrogens is 1. The van der Waals surface area contributed by atoms with Gasteiger partial charge in [0.2, 0.25) is 0 Å². The number of ether oxygens (including phenoxy) is 3. The van der Waals surface area contributed by atoms with Crippen LogP contribution in [-0.4, -0.2) is 35.2 Å². The zero-order valence-electron chi connectivity index (χ0n) is 17.3. The molecule has 7 heteroatoms. The molecule has 1 aromatic carbocycles. The van der Waals surface area contributed by atoms with Crippen LogP contribution in [0.5, 0.6) is 5.75 Å². The Labute approximate surface area is 176 Å². The van der Waals surface area contributed by atoms with Gasteiger partial charge in [-0.2, -0.15) is 0 Å². The van der Waals surface area contributed by atoms with E-state index >= 15 is 0 Å². The van der Waals surface area contributed by atoms with Crippen LogP contribution in [0.15, 0.2) is 28.8 Å². The maximum Gasteiger partial charge on any atom is 0.306 e. The molecule has 1 aliphatic carbocycles. The highest BCUT2D eigenvalue weighted by Gasteiger charge is 2.28. The highest BCUT2D eigenvalue weighted by Crippen LogP contribution is 2.31. The Balaban J connectivity index is 1.39. The SMILES string of the molecule is Cc1noc(-c2ccc(O[C@H]3CCC[C@H](C(=O)O)C3)cc2)c1COC1CCCCO1. The van der Waals surface area contributed by atoms with Crippen molar-refractivity contribution in [3.63, 3.8) is 0 Å². The summed E-state index contributed by atoms with van der Waals surface area (Å²) in [4.78, 5) is 11.3. The number of carboxylic acid groups (broad SMARTS) is 1. The molecule has 2 aliphatic rings. The van der Waals surface area contributed by atoms with Crippen molar-refractivity contribution < 1.29 is 28.6 Å². The first kappa shape index (κ1) is 20.9. The summed E-state index contributed by atoms with van der Waals surface area (Å²) in [5, 5.41) is 13.4. The molecule has 30 heavy (non-hydrogen) atoms. The third-order valence-electron chi connectivity index (χ3n) is 5.93. The lowest BCUT2D eigenvalue weighted by molar-refractivity contribution is -0.168. The Morgan fingerprint density at radius 2 is 2.00 bits per heavy atom. The molecule has 2 fully saturated rings. The third-order valence-corrected chi connectivity index (χ3v) is 5.93. The Hall–Kier alpha value is -2.38. The fourth-order valence-corrected chi connectivity index (χ4v) is 4.16. The summed E-state index contributed by atoms with van der Waals surface area (Å²) in [5.41, 5.74) is 2.63. The molecule has 4 rings (SSSR count). The fraction of sp³-hybridized carbons (Fsp3) is 0.565. The molecule has 3 atom stereocenters. The standard InChI is InChI=1S/C23H29NO6/c1-15-20(14-28-21-7-2-3-12-27-21)22(30-24-15)16-8-10-18(11-9-16)29-19-6-4-5-17(13-19)23(25)26/h8-11,17,19,21H,2-7,12-14H2,1H3,(H,25,26)/t17-,19-,21?/m0/s1. The molecule has 1 aromatic heterocycles. The molecule has 0 radical (unpaired) electrons. The number of carbonyl (C=O) groups is 1. The lowest BCUT2D eigenvalue weighted by atomic mass is 9.87. The fourth-order valence-electron chi connectivity index (χ4n) is 4.16. The van der Waals surface area contributed by atoms with E-state index in [-0.39, 0.29) is 18.3 Å². The van der Waals surface area contributed by atoms with Gasteiger partial charge in [-0.25, -0.2) is 0 Å². The first-order valence-corrected chi connectivity index (χ1v) is 10.8. The van der Waals surface area contributed by atoms with E-state index in [1.54, 1.807) is 0 Å². The number of nitrogens with zero attached hydrogens (tertiary/aromatic N) is 1. The maximum atomic E-state index is 11.3. The van der Waals surface area contributed by atoms with Crippen molar-refractivity contribution in [1.29, 1.82) is 0 Å². The van der Waals surface area contributed by atoms with Crippen molar-refractivity contribution in [2.24, 2.45) is 5.92 Å². The van der Waals surface area contributed by atoms with Gasteiger partial charge in [0, 0.05) is 17.7 Å². The second-order valence-corrected chi connectivity index (χ2v) is 8.15. The van der Waals surface area contributed by atoms with E-state index in [4.69, 9.17) is 18.7 Å². The van der Waals surface area contributed by atoms with Crippen LogP contribution in [0.3, 0.4) is 0 Å². The number of aliphatic carboxylic acids is 1. The van der Waals surface area contributed by atoms with Gasteiger partial charge in [-0.1, -0.05) is 5.16 Å². The number of carboxylic acids is 1. The minimum atomic E-state index is -0.729. The molecule has 1 N–H and O–H groups in total. The summed E-state index contributed by atoms with van der Waals surface area (Å²) < 4.78 is 23.2. The summed E-state index contributed by atoms with van der Waals surface area (Å²) in [6, 6.07) is 7.67. The van der Waals surface area contributed by atoms with Gasteiger partial charge in [0.25, 0.3) is 0 Å². The summed E-state index contributed by atoms with van der Waals surface area (Å²) >= 11 is 0. The van der Waals surface area contributed by atoms with Crippen molar-refractivity contribution in [3.05, 3.63) is 35.5 Å². The molecular formula is C23H29NO6. The second kappa shape index (κ2) is 9.62. The molecule has 7 nitrogen and oxygen atoms in total. The Kier molecular flexibility index (Phi) is 6.69. The average Bonchev–Trinajstić information content (AvgIpc) is 3.14. The van der Waals surface area contributed by atoms with Crippen molar-refractivity contribution in [1.82, 2.24) is 5.16 Å². The molecule has 162 valence electrons. The predicted octanol–water partition coefficient (Wildman–Crippen LogP) is 4.72. The van der Waals surface area contributed by atoms with Crippen LogP contribution in [-0.2, 0) is 20.9 Å². The summed E-state index contributed by atoms with van der Waals surface area (Å²) in [7, 11) is 0. The van der Waals surface area contributed by atoms with Crippen LogP contribution >= 0.6 is 0 Å². The Morgan fingerprint density at radius 3 is 2.73 bits per heavy atom. The van der Waals surface area contributed by atoms with E-state index in [0.29, 0.717) is 18.8 Å². The van der Waals surface area contributed by atoms with E-state index < -0.39 is 5.97 Å². The van der Waals surface area contributed by atoms with Crippen LogP contribution in [0.2, 0.25) is 0 Å². The van der Waals surface area contributed by atoms with Gasteiger partial charge in [0.05, 0.1) is 24.3 Å². The van der Waals surface area contributed by atoms with Gasteiger partial charge in [-0.3, -0.25) is 4.79 Å². The van der Waals surface area contributed by atoms with Crippen LogP contribution in [0.4, 0.5) is 0 Å². The molecule has 2 aromatic rings. The molecule has 0 amide bonds. The maximum absolute atomic E-state index is 11.3. The normalized spacial score (nSPS) is 24.5. The van der Waals surface area contributed by atoms with Crippen LogP contribution in [0.25, 0.3) is 11.3 Å². The van der Waals surface area contributed by atoms with Gasteiger partial charge in [-0.15, -0.1) is 0 Å². The molecule has 1 aliphatic heterocycles. The van der Waals surface area contributed by atoms with E-state index in [2.05, 4.69) is 5.16 Å². The Morgan fingerprint density at radius 1 is 1.17 bits per heavy atom. The predicted molar refractivity (Wildman–Crippen MR) is 109 cm³/mol. The van der Waals surface area contributed by atoms with Gasteiger partial charge in [0.1, 0.15) is 5.75 Å². The largest absolute Gasteiger partial charge is 0.490 e. The second-order valence-electron chi connectivity index (χ2n) is 8.15. The molecule has 1 unspecified atom stereocenters. The lowest BCUT2D eigenvalue weighted by Crippen LogP contribution is -2.29. The minimum absolute atomic E-state index is 0.0577. The molecule has 0 spiro atoms. The third kappa shape index (κ3) is 5.02. The molecule has 2 heterocycles. The van der Waals surface area contributed by atoms with Gasteiger partial charge in [0.15, 0.2) is 12.1 Å². The van der Waals surface area contributed by atoms with Crippen molar-refractivity contribution in [2.45, 2.75) is 70.9 Å². The monoisotopic (exact) mass is 415 g/mol. The number of aryl methyl sites for hydroxylation is 1. The highest BCUT2D eigenvalue weighted by molar-refractivity contribution is 5.70. The van der Waals surface area contributed by atoms with E-state index in [9.17, 15) is 9.90 Å². The molecule has 1 saturated carbocycles. The van der Waals surface area contributed by atoms with Gasteiger partial charge < -0.3 is 23.8 Å². The minimum Gasteiger partial charge on any atom is -0.490 e. The average molecular weight is 415 g/mol. The van der Waals surface area contributed by atoms with Gasteiger partial charge >= 0.3 is 5.97 Å². The summed E-state index contributed by atoms with van der Waals surface area (Å²) in [6.07, 6.45) is 5.95. The zero-order valence-corrected chi connectivity index (χ0v) is 17.3. The smallest absolute Gasteiger partial charge is 0.306 e. The number of hydrogen-bond donors (Lipinski definition) is 1. The lowest BCUT2D eigenvalue weighted by Gasteiger charge is -2.27. The van der Waals surface area contributed by atoms with Crippen molar-refractivity contribution in [2.75, 3.05) is 6.61 Å². The summed E-state index contributed by atoms with van der Waals surface area (Å²) in [6.45, 7) is 3.05. The first-order valence-electron chi connectivity index (χ1n) is 10.8. The zero-order chi connectivity index (χ0) is 20.9. The van der Waals surface area contributed by atoms with Gasteiger partial charge in [-0.05, 0) is 76.1 Å². The quantitative estimate of drug-likeness (QED) is 0.700. The van der Waals surface area contributed by atoms with Crippen molar-refractivity contribution in [3.8, 4) is 17.1 Å². The molecule has 0 bridgehead atoms. The van der Waals surface area contributed by atoms with Crippen LogP contribution < -0.4 is 4.74 Å². The summed E-state index contributed by atoms with van der Waals surface area (Å²) in [5.74, 6) is 0.390. The number of benzene rings is 1. The first-order chi connectivity index (χ1) is 14.6. The molecular weight excluding hydrogens is 386 g/mol. The topological polar surface area (TPSA) is 91.0 Å². The van der Waals surface area contributed by atoms with E-state index in [1.807, 2.05) is 31.2 Å². The van der Waals surface area contributed by atoms with E-state index in [0.717, 1.165) is 67.7 Å². The molecule has 1 saturated heterocycles.